The molecule has 1 atom stereocenters. The van der Waals surface area contributed by atoms with Gasteiger partial charge >= 0.3 is 12.1 Å². The largest absolute Gasteiger partial charge is 0.479 e. The van der Waals surface area contributed by atoms with E-state index in [1.54, 1.807) is 20.8 Å². The number of carbonyl (C=O) groups excluding carboxylic acids is 1. The highest BCUT2D eigenvalue weighted by atomic mass is 19.1. The predicted octanol–water partition coefficient (Wildman–Crippen LogP) is 1.67. The standard InChI is InChI=1S/C11H18FNO4/c1-11(2,3)17-10(16)13-5-7(6-13)4-8(12)9(14)15/h7-8H,4-6H2,1-3H3,(H,14,15)/t8-/m0/s1. The molecule has 0 unspecified atom stereocenters. The molecule has 6 heteroatoms. The topological polar surface area (TPSA) is 66.8 Å². The van der Waals surface area contributed by atoms with E-state index in [9.17, 15) is 14.0 Å². The third-order valence-electron chi connectivity index (χ3n) is 2.42. The summed E-state index contributed by atoms with van der Waals surface area (Å²) in [5, 5.41) is 8.40. The number of likely N-dealkylation sites (tertiary alicyclic amines) is 1. The van der Waals surface area contributed by atoms with Gasteiger partial charge in [-0.3, -0.25) is 0 Å². The first-order valence-electron chi connectivity index (χ1n) is 5.54. The maximum atomic E-state index is 12.9. The van der Waals surface area contributed by atoms with Gasteiger partial charge in [-0.2, -0.15) is 0 Å². The lowest BCUT2D eigenvalue weighted by Crippen LogP contribution is -2.52. The number of nitrogens with zero attached hydrogens (tertiary/aromatic N) is 1. The second-order valence-corrected chi connectivity index (χ2v) is 5.29. The van der Waals surface area contributed by atoms with Crippen molar-refractivity contribution in [3.8, 4) is 0 Å². The summed E-state index contributed by atoms with van der Waals surface area (Å²) in [6, 6.07) is 0. The highest BCUT2D eigenvalue weighted by Gasteiger charge is 2.36. The van der Waals surface area contributed by atoms with Gasteiger partial charge in [-0.05, 0) is 33.1 Å². The van der Waals surface area contributed by atoms with Crippen LogP contribution >= 0.6 is 0 Å². The van der Waals surface area contributed by atoms with E-state index in [4.69, 9.17) is 9.84 Å². The SMILES string of the molecule is CC(C)(C)OC(=O)N1CC(C[C@H](F)C(=O)O)C1. The molecular weight excluding hydrogens is 229 g/mol. The van der Waals surface area contributed by atoms with Crippen molar-refractivity contribution in [3.63, 3.8) is 0 Å². The zero-order valence-electron chi connectivity index (χ0n) is 10.3. The second kappa shape index (κ2) is 4.89. The third-order valence-corrected chi connectivity index (χ3v) is 2.42. The Labute approximate surface area is 99.5 Å². The average molecular weight is 247 g/mol. The van der Waals surface area contributed by atoms with Crippen molar-refractivity contribution >= 4 is 12.1 Å². The van der Waals surface area contributed by atoms with Gasteiger partial charge in [0.15, 0.2) is 6.17 Å². The maximum absolute atomic E-state index is 12.9. The second-order valence-electron chi connectivity index (χ2n) is 5.29. The van der Waals surface area contributed by atoms with E-state index in [1.165, 1.54) is 4.90 Å². The van der Waals surface area contributed by atoms with Crippen LogP contribution in [0.4, 0.5) is 9.18 Å². The first kappa shape index (κ1) is 13.7. The van der Waals surface area contributed by atoms with Gasteiger partial charge in [0.05, 0.1) is 0 Å². The summed E-state index contributed by atoms with van der Waals surface area (Å²) >= 11 is 0. The minimum absolute atomic E-state index is 0.0470. The average Bonchev–Trinajstić information content (AvgIpc) is 2.06. The smallest absolute Gasteiger partial charge is 0.410 e. The van der Waals surface area contributed by atoms with E-state index < -0.39 is 23.8 Å². The molecule has 0 bridgehead atoms. The van der Waals surface area contributed by atoms with Gasteiger partial charge in [0.25, 0.3) is 0 Å². The number of aliphatic carboxylic acids is 1. The number of amides is 1. The molecule has 1 saturated heterocycles. The van der Waals surface area contributed by atoms with Crippen LogP contribution in [0.2, 0.25) is 0 Å². The molecule has 17 heavy (non-hydrogen) atoms. The molecule has 98 valence electrons. The fourth-order valence-corrected chi connectivity index (χ4v) is 1.59. The number of carboxylic acid groups (broad SMARTS) is 1. The number of carbonyl (C=O) groups is 2. The zero-order chi connectivity index (χ0) is 13.2. The molecule has 1 amide bonds. The summed E-state index contributed by atoms with van der Waals surface area (Å²) in [7, 11) is 0. The van der Waals surface area contributed by atoms with Gasteiger partial charge in [0, 0.05) is 13.1 Å². The molecule has 0 aromatic rings. The molecule has 1 N–H and O–H groups in total. The minimum atomic E-state index is -1.85. The molecular formula is C11H18FNO4. The summed E-state index contributed by atoms with van der Waals surface area (Å²) < 4.78 is 18.0. The van der Waals surface area contributed by atoms with Crippen LogP contribution in [-0.2, 0) is 9.53 Å². The van der Waals surface area contributed by atoms with E-state index in [0.717, 1.165) is 0 Å². The lowest BCUT2D eigenvalue weighted by molar-refractivity contribution is -0.143. The van der Waals surface area contributed by atoms with Crippen LogP contribution in [0.5, 0.6) is 0 Å². The number of halogens is 1. The lowest BCUT2D eigenvalue weighted by atomic mass is 9.94. The van der Waals surface area contributed by atoms with Gasteiger partial charge in [-0.1, -0.05) is 0 Å². The Balaban J connectivity index is 2.27. The molecule has 1 rings (SSSR count). The number of hydrogen-bond donors (Lipinski definition) is 1. The van der Waals surface area contributed by atoms with Gasteiger partial charge in [0.2, 0.25) is 0 Å². The van der Waals surface area contributed by atoms with Crippen molar-refractivity contribution in [2.75, 3.05) is 13.1 Å². The van der Waals surface area contributed by atoms with Crippen LogP contribution < -0.4 is 0 Å². The van der Waals surface area contributed by atoms with Gasteiger partial charge in [-0.15, -0.1) is 0 Å². The number of carboxylic acids is 1. The van der Waals surface area contributed by atoms with Gasteiger partial charge in [-0.25, -0.2) is 14.0 Å². The van der Waals surface area contributed by atoms with E-state index in [1.807, 2.05) is 0 Å². The Morgan fingerprint density at radius 3 is 2.41 bits per heavy atom. The van der Waals surface area contributed by atoms with Crippen LogP contribution in [0, 0.1) is 5.92 Å². The molecule has 0 saturated carbocycles. The first-order valence-corrected chi connectivity index (χ1v) is 5.54. The van der Waals surface area contributed by atoms with Gasteiger partial charge in [0.1, 0.15) is 5.60 Å². The number of alkyl halides is 1. The Hall–Kier alpha value is -1.33. The van der Waals surface area contributed by atoms with Crippen molar-refractivity contribution in [2.24, 2.45) is 5.92 Å². The monoisotopic (exact) mass is 247 g/mol. The van der Waals surface area contributed by atoms with E-state index in [-0.39, 0.29) is 12.3 Å². The highest BCUT2D eigenvalue weighted by Crippen LogP contribution is 2.24. The molecule has 1 aliphatic rings. The normalized spacial score (nSPS) is 18.5. The molecule has 5 nitrogen and oxygen atoms in total. The van der Waals surface area contributed by atoms with Crippen LogP contribution in [0.3, 0.4) is 0 Å². The number of hydrogen-bond acceptors (Lipinski definition) is 3. The fourth-order valence-electron chi connectivity index (χ4n) is 1.59. The fraction of sp³-hybridized carbons (Fsp3) is 0.818. The zero-order valence-corrected chi connectivity index (χ0v) is 10.3. The van der Waals surface area contributed by atoms with Crippen LogP contribution in [0.25, 0.3) is 0 Å². The Bertz CT molecular complexity index is 307. The van der Waals surface area contributed by atoms with Crippen LogP contribution in [-0.4, -0.2) is 46.9 Å². The molecule has 1 fully saturated rings. The molecule has 0 aromatic carbocycles. The minimum Gasteiger partial charge on any atom is -0.479 e. The summed E-state index contributed by atoms with van der Waals surface area (Å²) in [5.41, 5.74) is -0.550. The van der Waals surface area contributed by atoms with E-state index in [0.29, 0.717) is 13.1 Å². The van der Waals surface area contributed by atoms with Crippen molar-refractivity contribution < 1.29 is 23.8 Å². The third kappa shape index (κ3) is 4.20. The molecule has 1 aliphatic heterocycles. The summed E-state index contributed by atoms with van der Waals surface area (Å²) in [4.78, 5) is 23.2. The van der Waals surface area contributed by atoms with Crippen molar-refractivity contribution in [3.05, 3.63) is 0 Å². The Kier molecular flexibility index (Phi) is 3.95. The van der Waals surface area contributed by atoms with Crippen molar-refractivity contribution in [2.45, 2.75) is 39.0 Å². The predicted molar refractivity (Wildman–Crippen MR) is 58.4 cm³/mol. The van der Waals surface area contributed by atoms with Gasteiger partial charge < -0.3 is 14.7 Å². The maximum Gasteiger partial charge on any atom is 0.410 e. The van der Waals surface area contributed by atoms with Crippen LogP contribution in [0.15, 0.2) is 0 Å². The summed E-state index contributed by atoms with van der Waals surface area (Å²) in [5.74, 6) is -1.53. The Morgan fingerprint density at radius 1 is 1.47 bits per heavy atom. The van der Waals surface area contributed by atoms with Crippen LogP contribution in [0.1, 0.15) is 27.2 Å². The first-order chi connectivity index (χ1) is 7.69. The lowest BCUT2D eigenvalue weighted by Gasteiger charge is -2.39. The van der Waals surface area contributed by atoms with Crippen molar-refractivity contribution in [1.82, 2.24) is 4.90 Å². The molecule has 0 aromatic heterocycles. The number of ether oxygens (including phenoxy) is 1. The quantitative estimate of drug-likeness (QED) is 0.823. The molecule has 0 spiro atoms. The number of rotatable bonds is 3. The van der Waals surface area contributed by atoms with E-state index in [2.05, 4.69) is 0 Å². The highest BCUT2D eigenvalue weighted by molar-refractivity contribution is 5.72. The Morgan fingerprint density at radius 2 is 2.00 bits per heavy atom. The molecule has 1 heterocycles. The molecule has 0 radical (unpaired) electrons. The van der Waals surface area contributed by atoms with E-state index >= 15 is 0 Å². The summed E-state index contributed by atoms with van der Waals surface area (Å²) in [6.45, 7) is 6.03. The van der Waals surface area contributed by atoms with Crippen molar-refractivity contribution in [1.29, 1.82) is 0 Å². The molecule has 0 aliphatic carbocycles. The summed E-state index contributed by atoms with van der Waals surface area (Å²) in [6.07, 6.45) is -2.32.